The van der Waals surface area contributed by atoms with Crippen molar-refractivity contribution >= 4 is 5.69 Å². The molecule has 0 saturated carbocycles. The van der Waals surface area contributed by atoms with E-state index < -0.39 is 0 Å². The number of benzene rings is 2. The van der Waals surface area contributed by atoms with E-state index in [2.05, 4.69) is 48.5 Å². The van der Waals surface area contributed by atoms with Crippen LogP contribution in [0.2, 0.25) is 0 Å². The van der Waals surface area contributed by atoms with Crippen LogP contribution in [-0.4, -0.2) is 5.16 Å². The molecule has 3 aromatic rings. The highest BCUT2D eigenvalue weighted by Crippen LogP contribution is 2.30. The summed E-state index contributed by atoms with van der Waals surface area (Å²) in [5.74, 6) is 0.637. The van der Waals surface area contributed by atoms with Gasteiger partial charge in [0.15, 0.2) is 5.76 Å². The predicted molar refractivity (Wildman–Crippen MR) is 81.3 cm³/mol. The topological polar surface area (TPSA) is 52.0 Å². The predicted octanol–water partition coefficient (Wildman–Crippen LogP) is 4.21. The van der Waals surface area contributed by atoms with Gasteiger partial charge in [-0.25, -0.2) is 0 Å². The van der Waals surface area contributed by atoms with Crippen LogP contribution in [0.5, 0.6) is 0 Å². The minimum absolute atomic E-state index is 0.605. The summed E-state index contributed by atoms with van der Waals surface area (Å²) in [5.41, 5.74) is 11.8. The van der Waals surface area contributed by atoms with E-state index in [-0.39, 0.29) is 0 Å². The molecule has 0 aliphatic heterocycles. The van der Waals surface area contributed by atoms with Gasteiger partial charge in [-0.15, -0.1) is 0 Å². The number of rotatable bonds is 2. The molecule has 0 fully saturated rings. The number of nitrogens with zero attached hydrogens (tertiary/aromatic N) is 1. The molecule has 1 heterocycles. The molecular weight excluding hydrogens is 248 g/mol. The van der Waals surface area contributed by atoms with E-state index in [1.807, 2.05) is 19.1 Å². The van der Waals surface area contributed by atoms with Crippen LogP contribution in [0.4, 0.5) is 5.69 Å². The number of aromatic nitrogens is 1. The van der Waals surface area contributed by atoms with Gasteiger partial charge >= 0.3 is 0 Å². The van der Waals surface area contributed by atoms with Crippen LogP contribution in [-0.2, 0) is 0 Å². The molecule has 0 radical (unpaired) electrons. The average molecular weight is 264 g/mol. The second-order valence-electron chi connectivity index (χ2n) is 4.95. The van der Waals surface area contributed by atoms with Crippen LogP contribution in [0.1, 0.15) is 11.3 Å². The zero-order valence-electron chi connectivity index (χ0n) is 11.6. The highest BCUT2D eigenvalue weighted by molar-refractivity contribution is 5.75. The van der Waals surface area contributed by atoms with Crippen LogP contribution in [0.25, 0.3) is 22.5 Å². The molecule has 0 aliphatic rings. The summed E-state index contributed by atoms with van der Waals surface area (Å²) >= 11 is 0. The van der Waals surface area contributed by atoms with Crippen molar-refractivity contribution in [2.45, 2.75) is 13.8 Å². The van der Waals surface area contributed by atoms with E-state index in [0.29, 0.717) is 11.4 Å². The molecule has 0 amide bonds. The van der Waals surface area contributed by atoms with Gasteiger partial charge in [0.05, 0.1) is 0 Å². The maximum atomic E-state index is 5.94. The monoisotopic (exact) mass is 264 g/mol. The largest absolute Gasteiger partial charge is 0.394 e. The fourth-order valence-corrected chi connectivity index (χ4v) is 2.15. The molecule has 2 N–H and O–H groups in total. The fourth-order valence-electron chi connectivity index (χ4n) is 2.15. The Morgan fingerprint density at radius 3 is 1.80 bits per heavy atom. The Labute approximate surface area is 118 Å². The first-order valence-corrected chi connectivity index (χ1v) is 6.54. The van der Waals surface area contributed by atoms with E-state index >= 15 is 0 Å². The summed E-state index contributed by atoms with van der Waals surface area (Å²) in [7, 11) is 0. The minimum Gasteiger partial charge on any atom is -0.394 e. The second kappa shape index (κ2) is 4.85. The van der Waals surface area contributed by atoms with Gasteiger partial charge < -0.3 is 10.3 Å². The fraction of sp³-hybridized carbons (Fsp3) is 0.118. The summed E-state index contributed by atoms with van der Waals surface area (Å²) in [5, 5.41) is 3.88. The lowest BCUT2D eigenvalue weighted by Crippen LogP contribution is -1.88. The van der Waals surface area contributed by atoms with E-state index in [9.17, 15) is 0 Å². The van der Waals surface area contributed by atoms with Crippen molar-refractivity contribution in [1.82, 2.24) is 5.16 Å². The summed E-state index contributed by atoms with van der Waals surface area (Å²) in [6.45, 7) is 3.92. The highest BCUT2D eigenvalue weighted by Gasteiger charge is 2.11. The SMILES string of the molecule is Cc1ccc(-c2ccc(-c3onc(C)c3N)cc2)cc1. The molecule has 3 heteroatoms. The number of hydrogen-bond donors (Lipinski definition) is 1. The van der Waals surface area contributed by atoms with Gasteiger partial charge in [-0.1, -0.05) is 59.3 Å². The third-order valence-electron chi connectivity index (χ3n) is 3.44. The van der Waals surface area contributed by atoms with Crippen molar-refractivity contribution in [3.05, 3.63) is 59.8 Å². The zero-order chi connectivity index (χ0) is 14.1. The maximum absolute atomic E-state index is 5.94. The molecule has 3 nitrogen and oxygen atoms in total. The van der Waals surface area contributed by atoms with Gasteiger partial charge in [0.25, 0.3) is 0 Å². The van der Waals surface area contributed by atoms with Gasteiger partial charge in [-0.05, 0) is 25.0 Å². The van der Waals surface area contributed by atoms with Crippen molar-refractivity contribution in [2.75, 3.05) is 5.73 Å². The average Bonchev–Trinajstić information content (AvgIpc) is 2.80. The molecule has 0 saturated heterocycles. The highest BCUT2D eigenvalue weighted by atomic mass is 16.5. The van der Waals surface area contributed by atoms with Gasteiger partial charge in [0.1, 0.15) is 11.4 Å². The first-order chi connectivity index (χ1) is 9.65. The van der Waals surface area contributed by atoms with Crippen molar-refractivity contribution in [1.29, 1.82) is 0 Å². The standard InChI is InChI=1S/C17H16N2O/c1-11-3-5-13(6-4-11)14-7-9-15(10-8-14)17-16(18)12(2)19-20-17/h3-10H,18H2,1-2H3. The van der Waals surface area contributed by atoms with Crippen LogP contribution in [0.3, 0.4) is 0 Å². The number of aryl methyl sites for hydroxylation is 2. The minimum atomic E-state index is 0.605. The number of nitrogens with two attached hydrogens (primary N) is 1. The molecular formula is C17H16N2O. The number of hydrogen-bond acceptors (Lipinski definition) is 3. The van der Waals surface area contributed by atoms with Gasteiger partial charge in [0, 0.05) is 5.56 Å². The summed E-state index contributed by atoms with van der Waals surface area (Å²) in [4.78, 5) is 0. The first kappa shape index (κ1) is 12.5. The molecule has 20 heavy (non-hydrogen) atoms. The Bertz CT molecular complexity index is 725. The van der Waals surface area contributed by atoms with Gasteiger partial charge in [-0.3, -0.25) is 0 Å². The van der Waals surface area contributed by atoms with Crippen molar-refractivity contribution in [3.8, 4) is 22.5 Å². The summed E-state index contributed by atoms with van der Waals surface area (Å²) in [6.07, 6.45) is 0. The van der Waals surface area contributed by atoms with Crippen molar-refractivity contribution in [2.24, 2.45) is 0 Å². The van der Waals surface area contributed by atoms with Crippen LogP contribution in [0, 0.1) is 13.8 Å². The maximum Gasteiger partial charge on any atom is 0.189 e. The zero-order valence-corrected chi connectivity index (χ0v) is 11.6. The van der Waals surface area contributed by atoms with Crippen molar-refractivity contribution < 1.29 is 4.52 Å². The van der Waals surface area contributed by atoms with Crippen LogP contribution < -0.4 is 5.73 Å². The normalized spacial score (nSPS) is 10.7. The molecule has 0 spiro atoms. The Kier molecular flexibility index (Phi) is 3.03. The number of anilines is 1. The summed E-state index contributed by atoms with van der Waals surface area (Å²) in [6, 6.07) is 16.6. The molecule has 0 atom stereocenters. The quantitative estimate of drug-likeness (QED) is 0.754. The van der Waals surface area contributed by atoms with E-state index in [0.717, 1.165) is 11.3 Å². The van der Waals surface area contributed by atoms with Crippen LogP contribution >= 0.6 is 0 Å². The Morgan fingerprint density at radius 1 is 0.800 bits per heavy atom. The molecule has 0 bridgehead atoms. The van der Waals surface area contributed by atoms with Crippen LogP contribution in [0.15, 0.2) is 53.1 Å². The molecule has 3 rings (SSSR count). The van der Waals surface area contributed by atoms with Gasteiger partial charge in [-0.2, -0.15) is 0 Å². The second-order valence-corrected chi connectivity index (χ2v) is 4.95. The third-order valence-corrected chi connectivity index (χ3v) is 3.44. The molecule has 0 aliphatic carbocycles. The van der Waals surface area contributed by atoms with Gasteiger partial charge in [0.2, 0.25) is 0 Å². The van der Waals surface area contributed by atoms with Crippen molar-refractivity contribution in [3.63, 3.8) is 0 Å². The molecule has 2 aromatic carbocycles. The number of nitrogen functional groups attached to an aromatic ring is 1. The smallest absolute Gasteiger partial charge is 0.189 e. The molecule has 0 unspecified atom stereocenters. The van der Waals surface area contributed by atoms with E-state index in [1.165, 1.54) is 16.7 Å². The van der Waals surface area contributed by atoms with E-state index in [4.69, 9.17) is 10.3 Å². The lowest BCUT2D eigenvalue weighted by molar-refractivity contribution is 0.427. The Morgan fingerprint density at radius 2 is 1.30 bits per heavy atom. The lowest BCUT2D eigenvalue weighted by Gasteiger charge is -2.04. The Balaban J connectivity index is 1.95. The molecule has 100 valence electrons. The third kappa shape index (κ3) is 2.18. The lowest BCUT2D eigenvalue weighted by atomic mass is 10.0. The Hall–Kier alpha value is -2.55. The summed E-state index contributed by atoms with van der Waals surface area (Å²) < 4.78 is 5.27. The molecule has 1 aromatic heterocycles. The first-order valence-electron chi connectivity index (χ1n) is 6.54. The van der Waals surface area contributed by atoms with E-state index in [1.54, 1.807) is 0 Å².